The fraction of sp³-hybridized carbons (Fsp3) is 0.462. The molecule has 118 valence electrons. The van der Waals surface area contributed by atoms with Gasteiger partial charge >= 0.3 is 6.61 Å². The third-order valence-electron chi connectivity index (χ3n) is 2.56. The number of anilines is 2. The van der Waals surface area contributed by atoms with Crippen molar-refractivity contribution in [2.24, 2.45) is 0 Å². The topological polar surface area (TPSA) is 76.4 Å². The van der Waals surface area contributed by atoms with E-state index in [1.165, 1.54) is 0 Å². The number of carbonyl (C=O) groups excluding carboxylic acids is 1. The highest BCUT2D eigenvalue weighted by molar-refractivity contribution is 5.77. The van der Waals surface area contributed by atoms with Crippen LogP contribution in [-0.4, -0.2) is 25.6 Å². The van der Waals surface area contributed by atoms with E-state index >= 15 is 0 Å². The lowest BCUT2D eigenvalue weighted by molar-refractivity contribution is -0.120. The van der Waals surface area contributed by atoms with Gasteiger partial charge in [0.2, 0.25) is 5.91 Å². The number of nitrogens with one attached hydrogen (secondary N) is 2. The van der Waals surface area contributed by atoms with Crippen molar-refractivity contribution in [3.05, 3.63) is 17.9 Å². The highest BCUT2D eigenvalue weighted by atomic mass is 19.3. The minimum Gasteiger partial charge on any atom is -0.432 e. The molecular formula is C13H18F3N3O2. The van der Waals surface area contributed by atoms with Crippen LogP contribution in [0.1, 0.15) is 19.8 Å². The van der Waals surface area contributed by atoms with Gasteiger partial charge in [-0.3, -0.25) is 4.79 Å². The lowest BCUT2D eigenvalue weighted by Crippen LogP contribution is -2.26. The van der Waals surface area contributed by atoms with Gasteiger partial charge in [0.1, 0.15) is 0 Å². The highest BCUT2D eigenvalue weighted by Gasteiger charge is 2.13. The van der Waals surface area contributed by atoms with Crippen LogP contribution in [0.25, 0.3) is 0 Å². The molecule has 0 aliphatic heterocycles. The normalized spacial score (nSPS) is 10.5. The predicted octanol–water partition coefficient (Wildman–Crippen LogP) is 2.34. The Hall–Kier alpha value is -2.12. The molecule has 0 spiro atoms. The Balaban J connectivity index is 2.60. The van der Waals surface area contributed by atoms with Crippen LogP contribution >= 0.6 is 0 Å². The van der Waals surface area contributed by atoms with Gasteiger partial charge in [-0.05, 0) is 6.42 Å². The van der Waals surface area contributed by atoms with E-state index in [0.29, 0.717) is 6.54 Å². The summed E-state index contributed by atoms with van der Waals surface area (Å²) in [4.78, 5) is 11.4. The summed E-state index contributed by atoms with van der Waals surface area (Å²) in [5, 5.41) is 5.47. The van der Waals surface area contributed by atoms with E-state index in [1.54, 1.807) is 0 Å². The zero-order chi connectivity index (χ0) is 15.8. The van der Waals surface area contributed by atoms with E-state index in [4.69, 9.17) is 5.73 Å². The van der Waals surface area contributed by atoms with Gasteiger partial charge in [-0.25, -0.2) is 4.39 Å². The zero-order valence-corrected chi connectivity index (χ0v) is 11.6. The van der Waals surface area contributed by atoms with E-state index in [2.05, 4.69) is 15.4 Å². The first kappa shape index (κ1) is 16.9. The standard InChI is InChI=1S/C13H18F3N3O2/c1-2-4-19-12(20)3-5-18-10-7-11(21-13(15)16)8(14)6-9(10)17/h6-7,13,18H,2-5,17H2,1H3,(H,19,20). The van der Waals surface area contributed by atoms with Crippen LogP contribution in [0.15, 0.2) is 12.1 Å². The van der Waals surface area contributed by atoms with Crippen LogP contribution in [-0.2, 0) is 4.79 Å². The molecule has 1 aromatic carbocycles. The molecule has 0 aliphatic carbocycles. The predicted molar refractivity (Wildman–Crippen MR) is 73.9 cm³/mol. The minimum atomic E-state index is -3.13. The maximum atomic E-state index is 13.4. The Kier molecular flexibility index (Phi) is 6.64. The molecule has 5 nitrogen and oxygen atoms in total. The maximum Gasteiger partial charge on any atom is 0.387 e. The van der Waals surface area contributed by atoms with Gasteiger partial charge in [-0.1, -0.05) is 6.92 Å². The molecule has 8 heteroatoms. The summed E-state index contributed by atoms with van der Waals surface area (Å²) >= 11 is 0. The van der Waals surface area contributed by atoms with Crippen molar-refractivity contribution in [3.8, 4) is 5.75 Å². The Morgan fingerprint density at radius 1 is 1.38 bits per heavy atom. The van der Waals surface area contributed by atoms with Crippen molar-refractivity contribution in [1.82, 2.24) is 5.32 Å². The molecule has 0 atom stereocenters. The Labute approximate surface area is 120 Å². The maximum absolute atomic E-state index is 13.4. The van der Waals surface area contributed by atoms with Crippen molar-refractivity contribution >= 4 is 17.3 Å². The van der Waals surface area contributed by atoms with E-state index in [-0.39, 0.29) is 30.2 Å². The van der Waals surface area contributed by atoms with Crippen LogP contribution in [0.2, 0.25) is 0 Å². The van der Waals surface area contributed by atoms with Crippen LogP contribution in [0.5, 0.6) is 5.75 Å². The average molecular weight is 305 g/mol. The van der Waals surface area contributed by atoms with Crippen molar-refractivity contribution < 1.29 is 22.7 Å². The van der Waals surface area contributed by atoms with Gasteiger partial charge in [-0.15, -0.1) is 0 Å². The van der Waals surface area contributed by atoms with Crippen LogP contribution in [0, 0.1) is 5.82 Å². The molecule has 0 unspecified atom stereocenters. The number of halogens is 3. The zero-order valence-electron chi connectivity index (χ0n) is 11.6. The average Bonchev–Trinajstić information content (AvgIpc) is 2.40. The van der Waals surface area contributed by atoms with Crippen molar-refractivity contribution in [3.63, 3.8) is 0 Å². The van der Waals surface area contributed by atoms with Crippen molar-refractivity contribution in [1.29, 1.82) is 0 Å². The van der Waals surface area contributed by atoms with Crippen LogP contribution in [0.3, 0.4) is 0 Å². The van der Waals surface area contributed by atoms with E-state index in [9.17, 15) is 18.0 Å². The molecule has 0 aromatic heterocycles. The number of carbonyl (C=O) groups is 1. The first-order valence-corrected chi connectivity index (χ1v) is 6.48. The molecule has 0 saturated carbocycles. The molecule has 0 aliphatic rings. The Morgan fingerprint density at radius 2 is 2.10 bits per heavy atom. The van der Waals surface area contributed by atoms with E-state index in [0.717, 1.165) is 18.6 Å². The third kappa shape index (κ3) is 5.80. The first-order valence-electron chi connectivity index (χ1n) is 6.48. The second-order valence-electron chi connectivity index (χ2n) is 4.28. The molecule has 0 heterocycles. The van der Waals surface area contributed by atoms with Gasteiger partial charge in [-0.2, -0.15) is 8.78 Å². The summed E-state index contributed by atoms with van der Waals surface area (Å²) in [6.07, 6.45) is 1.01. The smallest absolute Gasteiger partial charge is 0.387 e. The Bertz CT molecular complexity index is 484. The molecule has 0 radical (unpaired) electrons. The van der Waals surface area contributed by atoms with Crippen molar-refractivity contribution in [2.75, 3.05) is 24.1 Å². The molecule has 1 rings (SSSR count). The van der Waals surface area contributed by atoms with Gasteiger partial charge in [0.15, 0.2) is 11.6 Å². The summed E-state index contributed by atoms with van der Waals surface area (Å²) in [6, 6.07) is 1.93. The summed E-state index contributed by atoms with van der Waals surface area (Å²) in [6.45, 7) is -0.373. The van der Waals surface area contributed by atoms with Gasteiger partial charge in [0, 0.05) is 31.6 Å². The second kappa shape index (κ2) is 8.23. The number of ether oxygens (including phenoxy) is 1. The number of amides is 1. The summed E-state index contributed by atoms with van der Waals surface area (Å²) < 4.78 is 41.6. The molecule has 21 heavy (non-hydrogen) atoms. The number of rotatable bonds is 8. The summed E-state index contributed by atoms with van der Waals surface area (Å²) in [5.74, 6) is -1.72. The van der Waals surface area contributed by atoms with Gasteiger partial charge in [0.05, 0.1) is 11.4 Å². The largest absolute Gasteiger partial charge is 0.432 e. The molecule has 1 amide bonds. The molecule has 1 aromatic rings. The molecule has 0 saturated heterocycles. The molecular weight excluding hydrogens is 287 g/mol. The van der Waals surface area contributed by atoms with Crippen LogP contribution < -0.4 is 21.1 Å². The SMILES string of the molecule is CCCNC(=O)CCNc1cc(OC(F)F)c(F)cc1N. The van der Waals surface area contributed by atoms with E-state index < -0.39 is 18.2 Å². The molecule has 0 fully saturated rings. The number of nitrogens with two attached hydrogens (primary N) is 1. The van der Waals surface area contributed by atoms with Crippen molar-refractivity contribution in [2.45, 2.75) is 26.4 Å². The number of hydrogen-bond donors (Lipinski definition) is 3. The monoisotopic (exact) mass is 305 g/mol. The quantitative estimate of drug-likeness (QED) is 0.644. The number of alkyl halides is 2. The lowest BCUT2D eigenvalue weighted by atomic mass is 10.2. The number of hydrogen-bond acceptors (Lipinski definition) is 4. The summed E-state index contributed by atoms with van der Waals surface area (Å²) in [5.41, 5.74) is 5.85. The molecule has 4 N–H and O–H groups in total. The second-order valence-corrected chi connectivity index (χ2v) is 4.28. The minimum absolute atomic E-state index is 0.0445. The highest BCUT2D eigenvalue weighted by Crippen LogP contribution is 2.29. The van der Waals surface area contributed by atoms with Crippen LogP contribution in [0.4, 0.5) is 24.5 Å². The molecule has 0 bridgehead atoms. The van der Waals surface area contributed by atoms with Gasteiger partial charge < -0.3 is 21.1 Å². The summed E-state index contributed by atoms with van der Waals surface area (Å²) in [7, 11) is 0. The fourth-order valence-electron chi connectivity index (χ4n) is 1.57. The number of nitrogen functional groups attached to an aromatic ring is 1. The number of benzene rings is 1. The third-order valence-corrected chi connectivity index (χ3v) is 2.56. The first-order chi connectivity index (χ1) is 9.93. The fourth-order valence-corrected chi connectivity index (χ4v) is 1.57. The Morgan fingerprint density at radius 3 is 2.71 bits per heavy atom. The van der Waals surface area contributed by atoms with Gasteiger partial charge in [0.25, 0.3) is 0 Å². The van der Waals surface area contributed by atoms with E-state index in [1.807, 2.05) is 6.92 Å². The lowest BCUT2D eigenvalue weighted by Gasteiger charge is -2.12.